The molecule has 0 fully saturated rings. The first-order valence-corrected chi connectivity index (χ1v) is 11.4. The number of carbonyl (C=O) groups is 1. The third-order valence-electron chi connectivity index (χ3n) is 4.68. The van der Waals surface area contributed by atoms with E-state index in [0.29, 0.717) is 13.0 Å². The van der Waals surface area contributed by atoms with Crippen LogP contribution in [-0.4, -0.2) is 25.3 Å². The number of nitrogens with zero attached hydrogens (tertiary/aromatic N) is 1. The van der Waals surface area contributed by atoms with E-state index < -0.39 is 15.9 Å². The number of rotatable bonds is 8. The minimum absolute atomic E-state index is 0.0485. The third-order valence-corrected chi connectivity index (χ3v) is 5.95. The van der Waals surface area contributed by atoms with Crippen LogP contribution in [0, 0.1) is 11.2 Å². The number of amides is 1. The van der Waals surface area contributed by atoms with E-state index in [4.69, 9.17) is 4.18 Å². The first kappa shape index (κ1) is 23.9. The zero-order valence-electron chi connectivity index (χ0n) is 18.2. The molecule has 1 atom stereocenters. The van der Waals surface area contributed by atoms with Crippen LogP contribution in [-0.2, 0) is 21.5 Å². The Morgan fingerprint density at radius 1 is 1.13 bits per heavy atom. The Morgan fingerprint density at radius 3 is 2.33 bits per heavy atom. The van der Waals surface area contributed by atoms with E-state index in [0.717, 1.165) is 36.2 Å². The molecule has 0 aromatic heterocycles. The van der Waals surface area contributed by atoms with Crippen LogP contribution in [0.15, 0.2) is 53.4 Å². The lowest BCUT2D eigenvalue weighted by Gasteiger charge is -2.31. The maximum absolute atomic E-state index is 13.1. The molecule has 0 saturated heterocycles. The molecule has 164 valence electrons. The molecule has 0 unspecified atom stereocenters. The van der Waals surface area contributed by atoms with Crippen molar-refractivity contribution in [3.63, 3.8) is 0 Å². The van der Waals surface area contributed by atoms with Gasteiger partial charge in [-0.1, -0.05) is 39.8 Å². The Bertz CT molecular complexity index is 965. The molecule has 1 amide bonds. The van der Waals surface area contributed by atoms with Crippen molar-refractivity contribution in [2.45, 2.75) is 64.9 Å². The highest BCUT2D eigenvalue weighted by Gasteiger charge is 2.24. The van der Waals surface area contributed by atoms with Crippen LogP contribution < -0.4 is 4.18 Å². The predicted molar refractivity (Wildman–Crippen MR) is 115 cm³/mol. The van der Waals surface area contributed by atoms with Crippen molar-refractivity contribution in [3.8, 4) is 5.75 Å². The second kappa shape index (κ2) is 9.60. The molecule has 7 heteroatoms. The normalized spacial score (nSPS) is 13.0. The van der Waals surface area contributed by atoms with Crippen molar-refractivity contribution in [1.29, 1.82) is 0 Å². The molecule has 0 saturated carbocycles. The first-order chi connectivity index (χ1) is 13.9. The molecular weight excluding hydrogens is 405 g/mol. The van der Waals surface area contributed by atoms with Crippen molar-refractivity contribution in [3.05, 3.63) is 59.9 Å². The van der Waals surface area contributed by atoms with Gasteiger partial charge in [0.1, 0.15) is 16.5 Å². The summed E-state index contributed by atoms with van der Waals surface area (Å²) >= 11 is 0. The Hall–Kier alpha value is -2.41. The molecule has 5 nitrogen and oxygen atoms in total. The minimum Gasteiger partial charge on any atom is -0.379 e. The van der Waals surface area contributed by atoms with E-state index >= 15 is 0 Å². The van der Waals surface area contributed by atoms with Crippen molar-refractivity contribution in [1.82, 2.24) is 4.90 Å². The average Bonchev–Trinajstić information content (AvgIpc) is 2.64. The van der Waals surface area contributed by atoms with Gasteiger partial charge < -0.3 is 9.08 Å². The van der Waals surface area contributed by atoms with E-state index in [9.17, 15) is 17.6 Å². The van der Waals surface area contributed by atoms with Crippen molar-refractivity contribution in [2.24, 2.45) is 5.41 Å². The molecule has 0 aliphatic carbocycles. The predicted octanol–water partition coefficient (Wildman–Crippen LogP) is 5.16. The fourth-order valence-corrected chi connectivity index (χ4v) is 3.86. The van der Waals surface area contributed by atoms with Crippen LogP contribution >= 0.6 is 0 Å². The van der Waals surface area contributed by atoms with Gasteiger partial charge >= 0.3 is 10.1 Å². The average molecular weight is 436 g/mol. The van der Waals surface area contributed by atoms with Gasteiger partial charge in [0.25, 0.3) is 0 Å². The second-order valence-electron chi connectivity index (χ2n) is 8.66. The highest BCUT2D eigenvalue weighted by molar-refractivity contribution is 7.87. The van der Waals surface area contributed by atoms with E-state index in [2.05, 4.69) is 0 Å². The number of hydrogen-bond donors (Lipinski definition) is 0. The van der Waals surface area contributed by atoms with Crippen LogP contribution in [0.5, 0.6) is 5.75 Å². The smallest absolute Gasteiger partial charge is 0.339 e. The van der Waals surface area contributed by atoms with Gasteiger partial charge in [0.05, 0.1) is 0 Å². The minimum atomic E-state index is -4.08. The van der Waals surface area contributed by atoms with Crippen LogP contribution in [0.3, 0.4) is 0 Å². The van der Waals surface area contributed by atoms with Crippen LogP contribution in [0.4, 0.5) is 4.39 Å². The fraction of sp³-hybridized carbons (Fsp3) is 0.435. The molecular formula is C23H30FNO4S. The van der Waals surface area contributed by atoms with E-state index in [1.807, 2.05) is 45.6 Å². The summed E-state index contributed by atoms with van der Waals surface area (Å²) in [6.07, 6.45) is 1.23. The van der Waals surface area contributed by atoms with E-state index in [1.165, 1.54) is 6.07 Å². The molecule has 2 aromatic carbocycles. The third kappa shape index (κ3) is 6.83. The Morgan fingerprint density at radius 2 is 1.77 bits per heavy atom. The van der Waals surface area contributed by atoms with Gasteiger partial charge in [-0.2, -0.15) is 8.42 Å². The quantitative estimate of drug-likeness (QED) is 0.538. The topological polar surface area (TPSA) is 63.7 Å². The Labute approximate surface area is 179 Å². The van der Waals surface area contributed by atoms with Gasteiger partial charge in [-0.05, 0) is 60.7 Å². The molecule has 0 bridgehead atoms. The molecule has 2 aromatic rings. The summed E-state index contributed by atoms with van der Waals surface area (Å²) in [7, 11) is -4.08. The van der Waals surface area contributed by atoms with Gasteiger partial charge in [0, 0.05) is 19.0 Å². The van der Waals surface area contributed by atoms with Crippen molar-refractivity contribution >= 4 is 16.0 Å². The maximum atomic E-state index is 13.1. The second-order valence-corrected chi connectivity index (χ2v) is 10.2. The molecule has 0 heterocycles. The molecule has 0 radical (unpaired) electrons. The summed E-state index contributed by atoms with van der Waals surface area (Å²) in [4.78, 5) is 14.5. The zero-order valence-corrected chi connectivity index (χ0v) is 19.0. The molecule has 0 aliphatic heterocycles. The number of halogens is 1. The van der Waals surface area contributed by atoms with E-state index in [-0.39, 0.29) is 28.0 Å². The Balaban J connectivity index is 2.22. The first-order valence-electron chi connectivity index (χ1n) is 10.00. The summed E-state index contributed by atoms with van der Waals surface area (Å²) in [6.45, 7) is 10.5. The summed E-state index contributed by atoms with van der Waals surface area (Å²) in [6, 6.07) is 11.2. The highest BCUT2D eigenvalue weighted by Crippen LogP contribution is 2.24. The summed E-state index contributed by atoms with van der Waals surface area (Å²) in [5.74, 6) is -0.327. The molecule has 0 aliphatic rings. The standard InChI is InChI=1S/C23H30FNO4S/c1-6-17(2)25(22(26)15-23(3,4)5)16-18-8-7-9-20(14-18)29-30(27,28)21-12-10-19(24)11-13-21/h7-14,17H,6,15-16H2,1-5H3/t17-/m0/s1. The summed E-state index contributed by atoms with van der Waals surface area (Å²) in [5.41, 5.74) is 0.640. The maximum Gasteiger partial charge on any atom is 0.339 e. The molecule has 0 N–H and O–H groups in total. The molecule has 2 rings (SSSR count). The Kier molecular flexibility index (Phi) is 7.64. The molecule has 30 heavy (non-hydrogen) atoms. The number of carbonyl (C=O) groups excluding carboxylic acids is 1. The summed E-state index contributed by atoms with van der Waals surface area (Å²) in [5, 5.41) is 0. The SMILES string of the molecule is CC[C@H](C)N(Cc1cccc(OS(=O)(=O)c2ccc(F)cc2)c1)C(=O)CC(C)(C)C. The highest BCUT2D eigenvalue weighted by atomic mass is 32.2. The van der Waals surface area contributed by atoms with Gasteiger partial charge in [-0.15, -0.1) is 0 Å². The number of hydrogen-bond acceptors (Lipinski definition) is 4. The fourth-order valence-electron chi connectivity index (χ4n) is 2.93. The molecule has 0 spiro atoms. The van der Waals surface area contributed by atoms with E-state index in [1.54, 1.807) is 12.1 Å². The van der Waals surface area contributed by atoms with Gasteiger partial charge in [0.15, 0.2) is 0 Å². The monoisotopic (exact) mass is 435 g/mol. The van der Waals surface area contributed by atoms with Crippen LogP contribution in [0.2, 0.25) is 0 Å². The van der Waals surface area contributed by atoms with Crippen molar-refractivity contribution < 1.29 is 21.8 Å². The van der Waals surface area contributed by atoms with Gasteiger partial charge in [-0.25, -0.2) is 4.39 Å². The zero-order chi connectivity index (χ0) is 22.5. The lowest BCUT2D eigenvalue weighted by Crippen LogP contribution is -2.39. The van der Waals surface area contributed by atoms with Crippen LogP contribution in [0.1, 0.15) is 53.0 Å². The van der Waals surface area contributed by atoms with Crippen LogP contribution in [0.25, 0.3) is 0 Å². The van der Waals surface area contributed by atoms with Gasteiger partial charge in [0.2, 0.25) is 5.91 Å². The lowest BCUT2D eigenvalue weighted by atomic mass is 9.91. The van der Waals surface area contributed by atoms with Crippen molar-refractivity contribution in [2.75, 3.05) is 0 Å². The number of benzene rings is 2. The largest absolute Gasteiger partial charge is 0.379 e. The lowest BCUT2D eigenvalue weighted by molar-refractivity contribution is -0.135. The summed E-state index contributed by atoms with van der Waals surface area (Å²) < 4.78 is 43.2. The van der Waals surface area contributed by atoms with Gasteiger partial charge in [-0.3, -0.25) is 4.79 Å².